The van der Waals surface area contributed by atoms with Gasteiger partial charge in [-0.2, -0.15) is 0 Å². The molecule has 1 aliphatic heterocycles. The minimum absolute atomic E-state index is 0.471. The lowest BCUT2D eigenvalue weighted by molar-refractivity contribution is -0.0494. The molecule has 0 amide bonds. The zero-order valence-corrected chi connectivity index (χ0v) is 10.9. The Morgan fingerprint density at radius 3 is 2.94 bits per heavy atom. The van der Waals surface area contributed by atoms with Crippen LogP contribution in [0.3, 0.4) is 0 Å². The lowest BCUT2D eigenvalue weighted by atomic mass is 9.82. The number of fused-ring (bicyclic) bond motifs is 1. The van der Waals surface area contributed by atoms with Crippen LogP contribution in [-0.2, 0) is 4.74 Å². The molecule has 2 heteroatoms. The highest BCUT2D eigenvalue weighted by Gasteiger charge is 2.23. The Morgan fingerprint density at radius 2 is 2.28 bits per heavy atom. The second kappa shape index (κ2) is 4.69. The Morgan fingerprint density at radius 1 is 1.44 bits per heavy atom. The zero-order valence-electron chi connectivity index (χ0n) is 10.9. The van der Waals surface area contributed by atoms with Gasteiger partial charge in [0.2, 0.25) is 0 Å². The maximum Gasteiger partial charge on any atom is 0.0634 e. The van der Waals surface area contributed by atoms with Crippen molar-refractivity contribution in [3.05, 3.63) is 34.9 Å². The fraction of sp³-hybridized carbons (Fsp3) is 0.438. The summed E-state index contributed by atoms with van der Waals surface area (Å²) in [6.07, 6.45) is 6.28. The summed E-state index contributed by atoms with van der Waals surface area (Å²) in [6, 6.07) is 6.37. The summed E-state index contributed by atoms with van der Waals surface area (Å²) in [6.45, 7) is 6.83. The Labute approximate surface area is 108 Å². The first-order valence-corrected chi connectivity index (χ1v) is 6.68. The standard InChI is InChI=1S/C16H19NO/c1-11-7-12(9-15-5-6-18-15)8-13-3-4-14(17-2)10-16(11)13/h3-4,8,10-11,15H,2,5-7,9H2,1H3/t11?,15-/m0/s1. The zero-order chi connectivity index (χ0) is 12.5. The van der Waals surface area contributed by atoms with E-state index in [1.54, 1.807) is 0 Å². The Kier molecular flexibility index (Phi) is 3.04. The van der Waals surface area contributed by atoms with Crippen LogP contribution in [0.25, 0.3) is 6.08 Å². The first-order chi connectivity index (χ1) is 8.76. The molecule has 0 radical (unpaired) electrons. The molecule has 0 aromatic heterocycles. The van der Waals surface area contributed by atoms with E-state index >= 15 is 0 Å². The molecule has 1 saturated heterocycles. The van der Waals surface area contributed by atoms with Crippen LogP contribution in [0.2, 0.25) is 0 Å². The first-order valence-electron chi connectivity index (χ1n) is 6.68. The van der Waals surface area contributed by atoms with Crippen LogP contribution in [-0.4, -0.2) is 19.4 Å². The van der Waals surface area contributed by atoms with Gasteiger partial charge in [-0.05, 0) is 55.2 Å². The number of benzene rings is 1. The minimum Gasteiger partial charge on any atom is -0.378 e. The van der Waals surface area contributed by atoms with E-state index in [0.717, 1.165) is 25.1 Å². The van der Waals surface area contributed by atoms with E-state index in [4.69, 9.17) is 4.74 Å². The van der Waals surface area contributed by atoms with Gasteiger partial charge in [0.25, 0.3) is 0 Å². The van der Waals surface area contributed by atoms with Crippen LogP contribution < -0.4 is 0 Å². The average Bonchev–Trinajstić information content (AvgIpc) is 2.33. The van der Waals surface area contributed by atoms with Gasteiger partial charge < -0.3 is 4.74 Å². The van der Waals surface area contributed by atoms with Crippen LogP contribution in [0.4, 0.5) is 5.69 Å². The first kappa shape index (κ1) is 11.7. The van der Waals surface area contributed by atoms with Gasteiger partial charge in [-0.25, -0.2) is 0 Å². The molecule has 1 fully saturated rings. The summed E-state index contributed by atoms with van der Waals surface area (Å²) < 4.78 is 5.53. The molecule has 94 valence electrons. The normalized spacial score (nSPS) is 25.9. The van der Waals surface area contributed by atoms with Gasteiger partial charge in [-0.3, -0.25) is 4.99 Å². The highest BCUT2D eigenvalue weighted by molar-refractivity contribution is 5.64. The Bertz CT molecular complexity index is 500. The fourth-order valence-electron chi connectivity index (χ4n) is 2.88. The lowest BCUT2D eigenvalue weighted by Gasteiger charge is -2.30. The van der Waals surface area contributed by atoms with E-state index in [2.05, 4.69) is 36.8 Å². The van der Waals surface area contributed by atoms with E-state index in [9.17, 15) is 0 Å². The number of aliphatic imine (C=N–C) groups is 1. The highest BCUT2D eigenvalue weighted by Crippen LogP contribution is 2.37. The van der Waals surface area contributed by atoms with Gasteiger partial charge in [-0.1, -0.05) is 24.6 Å². The van der Waals surface area contributed by atoms with E-state index in [-0.39, 0.29) is 0 Å². The third-order valence-corrected chi connectivity index (χ3v) is 4.00. The van der Waals surface area contributed by atoms with Crippen molar-refractivity contribution in [1.82, 2.24) is 0 Å². The third-order valence-electron chi connectivity index (χ3n) is 4.00. The van der Waals surface area contributed by atoms with Crippen molar-refractivity contribution in [2.45, 2.75) is 38.2 Å². The van der Waals surface area contributed by atoms with Crippen LogP contribution in [0.15, 0.2) is 28.8 Å². The summed E-state index contributed by atoms with van der Waals surface area (Å²) in [4.78, 5) is 4.01. The molecule has 0 bridgehead atoms. The molecule has 1 aromatic carbocycles. The summed E-state index contributed by atoms with van der Waals surface area (Å²) in [7, 11) is 0. The molecule has 2 nitrogen and oxygen atoms in total. The van der Waals surface area contributed by atoms with E-state index in [0.29, 0.717) is 12.0 Å². The van der Waals surface area contributed by atoms with Gasteiger partial charge in [0, 0.05) is 6.61 Å². The van der Waals surface area contributed by atoms with Gasteiger partial charge in [-0.15, -0.1) is 0 Å². The Hall–Kier alpha value is -1.41. The van der Waals surface area contributed by atoms with Crippen LogP contribution in [0, 0.1) is 0 Å². The summed E-state index contributed by atoms with van der Waals surface area (Å²) >= 11 is 0. The average molecular weight is 241 g/mol. The van der Waals surface area contributed by atoms with E-state index < -0.39 is 0 Å². The molecular formula is C16H19NO. The molecule has 3 rings (SSSR count). The molecule has 1 heterocycles. The summed E-state index contributed by atoms with van der Waals surface area (Å²) in [5, 5.41) is 0. The van der Waals surface area contributed by atoms with Gasteiger partial charge in [0.05, 0.1) is 11.8 Å². The van der Waals surface area contributed by atoms with E-state index in [1.807, 2.05) is 6.07 Å². The Balaban J connectivity index is 1.87. The lowest BCUT2D eigenvalue weighted by Crippen LogP contribution is -2.27. The molecule has 0 N–H and O–H groups in total. The van der Waals surface area contributed by atoms with Gasteiger partial charge >= 0.3 is 0 Å². The predicted molar refractivity (Wildman–Crippen MR) is 75.6 cm³/mol. The van der Waals surface area contributed by atoms with E-state index in [1.165, 1.54) is 23.1 Å². The molecule has 0 saturated carbocycles. The predicted octanol–water partition coefficient (Wildman–Crippen LogP) is 4.09. The molecule has 2 atom stereocenters. The summed E-state index contributed by atoms with van der Waals surface area (Å²) in [5.41, 5.74) is 5.24. The molecule has 1 unspecified atom stereocenters. The highest BCUT2D eigenvalue weighted by atomic mass is 16.5. The number of nitrogens with zero attached hydrogens (tertiary/aromatic N) is 1. The second-order valence-electron chi connectivity index (χ2n) is 5.36. The maximum absolute atomic E-state index is 5.53. The number of ether oxygens (including phenoxy) is 1. The maximum atomic E-state index is 5.53. The third kappa shape index (κ3) is 2.13. The molecule has 1 aromatic rings. The largest absolute Gasteiger partial charge is 0.378 e. The SMILES string of the molecule is C=Nc1ccc2c(c1)C(C)CC(C[C@@H]1CCO1)=C2. The van der Waals surface area contributed by atoms with Crippen molar-refractivity contribution in [3.8, 4) is 0 Å². The van der Waals surface area contributed by atoms with Gasteiger partial charge in [0.15, 0.2) is 0 Å². The van der Waals surface area contributed by atoms with Gasteiger partial charge in [0.1, 0.15) is 0 Å². The van der Waals surface area contributed by atoms with Crippen LogP contribution >= 0.6 is 0 Å². The van der Waals surface area contributed by atoms with Crippen molar-refractivity contribution in [1.29, 1.82) is 0 Å². The van der Waals surface area contributed by atoms with Crippen LogP contribution in [0.1, 0.15) is 43.2 Å². The fourth-order valence-corrected chi connectivity index (χ4v) is 2.88. The van der Waals surface area contributed by atoms with Crippen LogP contribution in [0.5, 0.6) is 0 Å². The molecule has 1 aliphatic carbocycles. The smallest absolute Gasteiger partial charge is 0.0634 e. The quantitative estimate of drug-likeness (QED) is 0.730. The van der Waals surface area contributed by atoms with Crippen molar-refractivity contribution in [2.75, 3.05) is 6.61 Å². The number of hydrogen-bond donors (Lipinski definition) is 0. The number of hydrogen-bond acceptors (Lipinski definition) is 2. The minimum atomic E-state index is 0.471. The van der Waals surface area contributed by atoms with Crippen molar-refractivity contribution >= 4 is 18.5 Å². The van der Waals surface area contributed by atoms with Crippen molar-refractivity contribution < 1.29 is 4.74 Å². The second-order valence-corrected chi connectivity index (χ2v) is 5.36. The molecular weight excluding hydrogens is 222 g/mol. The monoisotopic (exact) mass is 241 g/mol. The molecule has 2 aliphatic rings. The van der Waals surface area contributed by atoms with Crippen molar-refractivity contribution in [2.24, 2.45) is 4.99 Å². The summed E-state index contributed by atoms with van der Waals surface area (Å²) in [5.74, 6) is 0.571. The molecule has 18 heavy (non-hydrogen) atoms. The number of rotatable bonds is 3. The topological polar surface area (TPSA) is 21.6 Å². The van der Waals surface area contributed by atoms with Crippen molar-refractivity contribution in [3.63, 3.8) is 0 Å². The molecule has 0 spiro atoms.